The van der Waals surface area contributed by atoms with Crippen molar-refractivity contribution in [1.82, 2.24) is 9.59 Å². The van der Waals surface area contributed by atoms with E-state index in [2.05, 4.69) is 14.6 Å². The molecule has 0 saturated carbocycles. The molecule has 1 aliphatic rings. The summed E-state index contributed by atoms with van der Waals surface area (Å²) in [4.78, 5) is 16.2. The summed E-state index contributed by atoms with van der Waals surface area (Å²) in [6.45, 7) is 4.82. The van der Waals surface area contributed by atoms with Gasteiger partial charge < -0.3 is 14.2 Å². The SMILES string of the molecule is CCOc1ccc(C2=NC(=Cc3csnn3)C(=O)O2)cc1OCC. The number of benzene rings is 1. The van der Waals surface area contributed by atoms with Crippen LogP contribution in [0.5, 0.6) is 11.5 Å². The minimum atomic E-state index is -0.523. The Kier molecular flexibility index (Phi) is 4.85. The van der Waals surface area contributed by atoms with Gasteiger partial charge in [0.25, 0.3) is 0 Å². The van der Waals surface area contributed by atoms with Gasteiger partial charge in [-0.25, -0.2) is 9.79 Å². The number of nitrogens with zero attached hydrogens (tertiary/aromatic N) is 3. The molecule has 0 radical (unpaired) electrons. The minimum absolute atomic E-state index is 0.185. The van der Waals surface area contributed by atoms with Crippen molar-refractivity contribution in [3.8, 4) is 11.5 Å². The van der Waals surface area contributed by atoms with E-state index in [0.29, 0.717) is 36.0 Å². The van der Waals surface area contributed by atoms with Gasteiger partial charge in [0, 0.05) is 10.9 Å². The van der Waals surface area contributed by atoms with Crippen molar-refractivity contribution in [2.75, 3.05) is 13.2 Å². The summed E-state index contributed by atoms with van der Waals surface area (Å²) in [6, 6.07) is 5.28. The second-order valence-electron chi connectivity index (χ2n) is 4.69. The first-order valence-corrected chi connectivity index (χ1v) is 8.24. The van der Waals surface area contributed by atoms with E-state index in [-0.39, 0.29) is 11.6 Å². The van der Waals surface area contributed by atoms with Gasteiger partial charge >= 0.3 is 5.97 Å². The molecule has 2 aromatic rings. The lowest BCUT2D eigenvalue weighted by molar-refractivity contribution is -0.129. The fourth-order valence-electron chi connectivity index (χ4n) is 2.09. The number of carbonyl (C=O) groups excluding carboxylic acids is 1. The Hall–Kier alpha value is -2.74. The number of cyclic esters (lactones) is 1. The summed E-state index contributed by atoms with van der Waals surface area (Å²) in [5.41, 5.74) is 1.39. The van der Waals surface area contributed by atoms with Crippen LogP contribution in [0.4, 0.5) is 0 Å². The van der Waals surface area contributed by atoms with E-state index in [0.717, 1.165) is 0 Å². The van der Waals surface area contributed by atoms with E-state index in [1.807, 2.05) is 13.8 Å². The Labute approximate surface area is 142 Å². The van der Waals surface area contributed by atoms with Gasteiger partial charge in [0.05, 0.1) is 13.2 Å². The van der Waals surface area contributed by atoms with Gasteiger partial charge in [0.2, 0.25) is 5.90 Å². The van der Waals surface area contributed by atoms with E-state index in [1.165, 1.54) is 17.6 Å². The highest BCUT2D eigenvalue weighted by Gasteiger charge is 2.25. The zero-order valence-corrected chi connectivity index (χ0v) is 14.0. The van der Waals surface area contributed by atoms with Crippen molar-refractivity contribution < 1.29 is 19.0 Å². The highest BCUT2D eigenvalue weighted by molar-refractivity contribution is 7.03. The predicted octanol–water partition coefficient (Wildman–Crippen LogP) is 2.68. The molecular formula is C16H15N3O4S. The second-order valence-corrected chi connectivity index (χ2v) is 5.30. The highest BCUT2D eigenvalue weighted by Crippen LogP contribution is 2.30. The Balaban J connectivity index is 1.91. The molecule has 0 aliphatic carbocycles. The summed E-state index contributed by atoms with van der Waals surface area (Å²) in [6.07, 6.45) is 1.54. The summed E-state index contributed by atoms with van der Waals surface area (Å²) in [5.74, 6) is 0.914. The fourth-order valence-corrected chi connectivity index (χ4v) is 2.50. The van der Waals surface area contributed by atoms with Crippen molar-refractivity contribution >= 4 is 29.5 Å². The van der Waals surface area contributed by atoms with Gasteiger partial charge in [0.1, 0.15) is 5.69 Å². The number of esters is 1. The summed E-state index contributed by atoms with van der Waals surface area (Å²) >= 11 is 1.20. The molecule has 3 rings (SSSR count). The summed E-state index contributed by atoms with van der Waals surface area (Å²) in [7, 11) is 0. The van der Waals surface area contributed by atoms with E-state index in [9.17, 15) is 4.79 Å². The van der Waals surface area contributed by atoms with Gasteiger partial charge in [-0.05, 0) is 49.7 Å². The van der Waals surface area contributed by atoms with E-state index in [1.54, 1.807) is 23.6 Å². The number of carbonyl (C=O) groups is 1. The lowest BCUT2D eigenvalue weighted by atomic mass is 10.2. The van der Waals surface area contributed by atoms with Crippen molar-refractivity contribution in [1.29, 1.82) is 0 Å². The molecule has 0 bridgehead atoms. The maximum atomic E-state index is 12.0. The lowest BCUT2D eigenvalue weighted by Gasteiger charge is -2.11. The normalized spacial score (nSPS) is 15.3. The van der Waals surface area contributed by atoms with Crippen molar-refractivity contribution in [2.24, 2.45) is 4.99 Å². The predicted molar refractivity (Wildman–Crippen MR) is 89.3 cm³/mol. The Morgan fingerprint density at radius 1 is 1.21 bits per heavy atom. The number of hydrogen-bond donors (Lipinski definition) is 0. The molecule has 24 heavy (non-hydrogen) atoms. The first kappa shape index (κ1) is 16.1. The Morgan fingerprint density at radius 3 is 2.71 bits per heavy atom. The standard InChI is InChI=1S/C16H15N3O4S/c1-3-21-13-6-5-10(7-14(13)22-4-2)15-17-12(16(20)23-15)8-11-9-24-19-18-11/h5-9H,3-4H2,1-2H3. The third-order valence-corrected chi connectivity index (χ3v) is 3.60. The number of ether oxygens (including phenoxy) is 3. The number of aliphatic imine (C=N–C) groups is 1. The largest absolute Gasteiger partial charge is 0.490 e. The molecule has 0 atom stereocenters. The smallest absolute Gasteiger partial charge is 0.363 e. The molecule has 0 unspecified atom stereocenters. The van der Waals surface area contributed by atoms with E-state index in [4.69, 9.17) is 14.2 Å². The Morgan fingerprint density at radius 2 is 2.00 bits per heavy atom. The van der Waals surface area contributed by atoms with Gasteiger partial charge in [-0.1, -0.05) is 4.49 Å². The zero-order valence-electron chi connectivity index (χ0n) is 13.2. The van der Waals surface area contributed by atoms with Crippen LogP contribution in [-0.2, 0) is 9.53 Å². The van der Waals surface area contributed by atoms with Crippen LogP contribution in [0.15, 0.2) is 34.3 Å². The average Bonchev–Trinajstić information content (AvgIpc) is 3.20. The van der Waals surface area contributed by atoms with Gasteiger partial charge in [-0.2, -0.15) is 0 Å². The van der Waals surface area contributed by atoms with Gasteiger partial charge in [-0.3, -0.25) is 0 Å². The molecule has 1 aromatic heterocycles. The van der Waals surface area contributed by atoms with Crippen LogP contribution in [0, 0.1) is 0 Å². The quantitative estimate of drug-likeness (QED) is 0.591. The molecule has 124 valence electrons. The molecule has 1 aromatic carbocycles. The van der Waals surface area contributed by atoms with Crippen LogP contribution in [-0.4, -0.2) is 34.7 Å². The van der Waals surface area contributed by atoms with E-state index >= 15 is 0 Å². The van der Waals surface area contributed by atoms with Gasteiger partial charge in [0.15, 0.2) is 17.2 Å². The molecule has 7 nitrogen and oxygen atoms in total. The topological polar surface area (TPSA) is 82.9 Å². The summed E-state index contributed by atoms with van der Waals surface area (Å²) < 4.78 is 20.1. The van der Waals surface area contributed by atoms with Crippen molar-refractivity contribution in [3.05, 3.63) is 40.5 Å². The molecule has 0 amide bonds. The molecule has 0 N–H and O–H groups in total. The van der Waals surface area contributed by atoms with Crippen LogP contribution in [0.25, 0.3) is 6.08 Å². The van der Waals surface area contributed by atoms with Crippen LogP contribution in [0.1, 0.15) is 25.1 Å². The van der Waals surface area contributed by atoms with Crippen molar-refractivity contribution in [2.45, 2.75) is 13.8 Å². The van der Waals surface area contributed by atoms with Gasteiger partial charge in [-0.15, -0.1) is 5.10 Å². The number of rotatable bonds is 6. The van der Waals surface area contributed by atoms with Crippen LogP contribution < -0.4 is 9.47 Å². The molecule has 0 spiro atoms. The van der Waals surface area contributed by atoms with Crippen LogP contribution in [0.2, 0.25) is 0 Å². The van der Waals surface area contributed by atoms with Crippen LogP contribution in [0.3, 0.4) is 0 Å². The first-order chi connectivity index (χ1) is 11.7. The number of aromatic nitrogens is 2. The molecule has 2 heterocycles. The van der Waals surface area contributed by atoms with Crippen molar-refractivity contribution in [3.63, 3.8) is 0 Å². The fraction of sp³-hybridized carbons (Fsp3) is 0.250. The monoisotopic (exact) mass is 345 g/mol. The lowest BCUT2D eigenvalue weighted by Crippen LogP contribution is -2.06. The zero-order chi connectivity index (χ0) is 16.9. The molecule has 8 heteroatoms. The second kappa shape index (κ2) is 7.22. The average molecular weight is 345 g/mol. The maximum absolute atomic E-state index is 12.0. The minimum Gasteiger partial charge on any atom is -0.490 e. The molecule has 0 saturated heterocycles. The third-order valence-electron chi connectivity index (χ3n) is 3.07. The Bertz CT molecular complexity index is 800. The number of hydrogen-bond acceptors (Lipinski definition) is 8. The van der Waals surface area contributed by atoms with Crippen LogP contribution >= 0.6 is 11.5 Å². The first-order valence-electron chi connectivity index (χ1n) is 7.41. The maximum Gasteiger partial charge on any atom is 0.363 e. The third kappa shape index (κ3) is 3.43. The highest BCUT2D eigenvalue weighted by atomic mass is 32.1. The molecule has 1 aliphatic heterocycles. The molecular weight excluding hydrogens is 330 g/mol. The molecule has 0 fully saturated rings. The summed E-state index contributed by atoms with van der Waals surface area (Å²) in [5, 5.41) is 5.58. The van der Waals surface area contributed by atoms with E-state index < -0.39 is 5.97 Å².